The first-order valence-electron chi connectivity index (χ1n) is 8.06. The standard InChI is InChI=1S/C19H21N3O3/c1-12-5-8-15(9-6-12)25-13(2)18(23)20-14-7-10-16-17(11-14)22(4)19(24)21(16)3/h5-11,13H,1-4H3,(H,20,23)/t13-/m0/s1. The van der Waals surface area contributed by atoms with Crippen LogP contribution in [0.15, 0.2) is 47.3 Å². The van der Waals surface area contributed by atoms with Crippen molar-refractivity contribution in [3.05, 3.63) is 58.5 Å². The monoisotopic (exact) mass is 339 g/mol. The van der Waals surface area contributed by atoms with Crippen LogP contribution in [0.3, 0.4) is 0 Å². The van der Waals surface area contributed by atoms with Gasteiger partial charge in [0.05, 0.1) is 11.0 Å². The van der Waals surface area contributed by atoms with Gasteiger partial charge in [0, 0.05) is 19.8 Å². The number of nitrogens with zero attached hydrogens (tertiary/aromatic N) is 2. The van der Waals surface area contributed by atoms with Crippen LogP contribution in [-0.4, -0.2) is 21.1 Å². The number of aryl methyl sites for hydroxylation is 3. The number of fused-ring (bicyclic) bond motifs is 1. The van der Waals surface area contributed by atoms with Crippen molar-refractivity contribution in [3.8, 4) is 5.75 Å². The molecule has 2 aromatic carbocycles. The van der Waals surface area contributed by atoms with Crippen molar-refractivity contribution >= 4 is 22.6 Å². The molecule has 6 heteroatoms. The van der Waals surface area contributed by atoms with Gasteiger partial charge in [-0.05, 0) is 44.2 Å². The highest BCUT2D eigenvalue weighted by atomic mass is 16.5. The van der Waals surface area contributed by atoms with Crippen molar-refractivity contribution in [2.24, 2.45) is 14.1 Å². The molecule has 3 rings (SSSR count). The Morgan fingerprint density at radius 3 is 2.36 bits per heavy atom. The third-order valence-corrected chi connectivity index (χ3v) is 4.24. The van der Waals surface area contributed by atoms with Gasteiger partial charge in [0.1, 0.15) is 5.75 Å². The number of hydrogen-bond donors (Lipinski definition) is 1. The highest BCUT2D eigenvalue weighted by molar-refractivity contribution is 5.95. The zero-order valence-electron chi connectivity index (χ0n) is 14.7. The minimum atomic E-state index is -0.641. The number of carbonyl (C=O) groups excluding carboxylic acids is 1. The predicted octanol–water partition coefficient (Wildman–Crippen LogP) is 2.59. The van der Waals surface area contributed by atoms with Crippen LogP contribution in [0.25, 0.3) is 11.0 Å². The van der Waals surface area contributed by atoms with E-state index < -0.39 is 6.10 Å². The van der Waals surface area contributed by atoms with Gasteiger partial charge >= 0.3 is 5.69 Å². The zero-order valence-corrected chi connectivity index (χ0v) is 14.7. The summed E-state index contributed by atoms with van der Waals surface area (Å²) < 4.78 is 8.79. The minimum Gasteiger partial charge on any atom is -0.481 e. The van der Waals surface area contributed by atoms with Crippen LogP contribution in [0.4, 0.5) is 5.69 Å². The van der Waals surface area contributed by atoms with E-state index in [9.17, 15) is 9.59 Å². The molecule has 130 valence electrons. The van der Waals surface area contributed by atoms with E-state index >= 15 is 0 Å². The first-order valence-corrected chi connectivity index (χ1v) is 8.06. The summed E-state index contributed by atoms with van der Waals surface area (Å²) in [6, 6.07) is 12.9. The number of carbonyl (C=O) groups is 1. The second-order valence-electron chi connectivity index (χ2n) is 6.17. The maximum atomic E-state index is 12.4. The lowest BCUT2D eigenvalue weighted by molar-refractivity contribution is -0.122. The number of ether oxygens (including phenoxy) is 1. The fourth-order valence-electron chi connectivity index (χ4n) is 2.70. The molecule has 0 saturated carbocycles. The van der Waals surface area contributed by atoms with Crippen molar-refractivity contribution < 1.29 is 9.53 Å². The van der Waals surface area contributed by atoms with Crippen LogP contribution in [0, 0.1) is 6.92 Å². The molecule has 0 bridgehead atoms. The lowest BCUT2D eigenvalue weighted by Crippen LogP contribution is -2.30. The first kappa shape index (κ1) is 16.8. The molecule has 1 aromatic heterocycles. The van der Waals surface area contributed by atoms with Crippen molar-refractivity contribution in [2.75, 3.05) is 5.32 Å². The summed E-state index contributed by atoms with van der Waals surface area (Å²) in [5.41, 5.74) is 3.23. The van der Waals surface area contributed by atoms with Crippen LogP contribution >= 0.6 is 0 Å². The number of amides is 1. The third kappa shape index (κ3) is 3.28. The molecule has 0 aliphatic heterocycles. The van der Waals surface area contributed by atoms with Crippen LogP contribution in [0.1, 0.15) is 12.5 Å². The molecule has 25 heavy (non-hydrogen) atoms. The second-order valence-corrected chi connectivity index (χ2v) is 6.17. The Bertz CT molecular complexity index is 984. The number of nitrogens with one attached hydrogen (secondary N) is 1. The van der Waals surface area contributed by atoms with Crippen LogP contribution in [-0.2, 0) is 18.9 Å². The van der Waals surface area contributed by atoms with Crippen molar-refractivity contribution in [1.82, 2.24) is 9.13 Å². The van der Waals surface area contributed by atoms with E-state index in [2.05, 4.69) is 5.32 Å². The molecule has 0 radical (unpaired) electrons. The lowest BCUT2D eigenvalue weighted by Gasteiger charge is -2.15. The fraction of sp³-hybridized carbons (Fsp3) is 0.263. The average molecular weight is 339 g/mol. The molecule has 0 aliphatic carbocycles. The van der Waals surface area contributed by atoms with Gasteiger partial charge in [0.25, 0.3) is 5.91 Å². The van der Waals surface area contributed by atoms with Gasteiger partial charge in [-0.3, -0.25) is 13.9 Å². The largest absolute Gasteiger partial charge is 0.481 e. The Hall–Kier alpha value is -3.02. The molecule has 0 saturated heterocycles. The van der Waals surface area contributed by atoms with Gasteiger partial charge < -0.3 is 10.1 Å². The number of benzene rings is 2. The number of rotatable bonds is 4. The van der Waals surface area contributed by atoms with E-state index in [1.165, 1.54) is 0 Å². The Kier molecular flexibility index (Phi) is 4.35. The normalized spacial score (nSPS) is 12.2. The topological polar surface area (TPSA) is 65.3 Å². The number of anilines is 1. The van der Waals surface area contributed by atoms with Gasteiger partial charge in [-0.15, -0.1) is 0 Å². The fourth-order valence-corrected chi connectivity index (χ4v) is 2.70. The van der Waals surface area contributed by atoms with E-state index in [4.69, 9.17) is 4.74 Å². The molecule has 3 aromatic rings. The van der Waals surface area contributed by atoms with Crippen molar-refractivity contribution in [3.63, 3.8) is 0 Å². The van der Waals surface area contributed by atoms with Crippen LogP contribution < -0.4 is 15.7 Å². The predicted molar refractivity (Wildman–Crippen MR) is 98.1 cm³/mol. The molecule has 0 spiro atoms. The smallest absolute Gasteiger partial charge is 0.328 e. The van der Waals surface area contributed by atoms with Gasteiger partial charge in [-0.25, -0.2) is 4.79 Å². The zero-order chi connectivity index (χ0) is 18.1. The maximum absolute atomic E-state index is 12.4. The molecule has 0 unspecified atom stereocenters. The number of imidazole rings is 1. The summed E-state index contributed by atoms with van der Waals surface area (Å²) in [4.78, 5) is 24.3. The summed E-state index contributed by atoms with van der Waals surface area (Å²) >= 11 is 0. The van der Waals surface area contributed by atoms with E-state index in [0.29, 0.717) is 11.4 Å². The SMILES string of the molecule is Cc1ccc(O[C@@H](C)C(=O)Nc2ccc3c(c2)n(C)c(=O)n3C)cc1. The molecule has 1 amide bonds. The molecule has 1 heterocycles. The Balaban J connectivity index is 1.76. The number of hydrogen-bond acceptors (Lipinski definition) is 3. The van der Waals surface area contributed by atoms with E-state index in [1.54, 1.807) is 42.3 Å². The summed E-state index contributed by atoms with van der Waals surface area (Å²) in [7, 11) is 3.43. The van der Waals surface area contributed by atoms with E-state index in [1.807, 2.05) is 37.3 Å². The number of aromatic nitrogens is 2. The molecular formula is C19H21N3O3. The van der Waals surface area contributed by atoms with Crippen LogP contribution in [0.5, 0.6) is 5.75 Å². The quantitative estimate of drug-likeness (QED) is 0.794. The molecular weight excluding hydrogens is 318 g/mol. The highest BCUT2D eigenvalue weighted by Gasteiger charge is 2.16. The van der Waals surface area contributed by atoms with Crippen molar-refractivity contribution in [1.29, 1.82) is 0 Å². The highest BCUT2D eigenvalue weighted by Crippen LogP contribution is 2.19. The molecule has 1 atom stereocenters. The van der Waals surface area contributed by atoms with Crippen molar-refractivity contribution in [2.45, 2.75) is 20.0 Å². The second kappa shape index (κ2) is 6.47. The first-order chi connectivity index (χ1) is 11.9. The van der Waals surface area contributed by atoms with Gasteiger partial charge in [-0.2, -0.15) is 0 Å². The van der Waals surface area contributed by atoms with Gasteiger partial charge in [0.2, 0.25) is 0 Å². The molecule has 6 nitrogen and oxygen atoms in total. The molecule has 0 fully saturated rings. The minimum absolute atomic E-state index is 0.102. The third-order valence-electron chi connectivity index (χ3n) is 4.24. The Labute approximate surface area is 145 Å². The summed E-state index contributed by atoms with van der Waals surface area (Å²) in [5, 5.41) is 2.83. The molecule has 1 N–H and O–H groups in total. The van der Waals surface area contributed by atoms with E-state index in [-0.39, 0.29) is 11.6 Å². The molecule has 0 aliphatic rings. The Morgan fingerprint density at radius 1 is 1.04 bits per heavy atom. The summed E-state index contributed by atoms with van der Waals surface area (Å²) in [6.45, 7) is 3.69. The lowest BCUT2D eigenvalue weighted by atomic mass is 10.2. The summed E-state index contributed by atoms with van der Waals surface area (Å²) in [6.07, 6.45) is -0.641. The van der Waals surface area contributed by atoms with E-state index in [0.717, 1.165) is 16.6 Å². The maximum Gasteiger partial charge on any atom is 0.328 e. The Morgan fingerprint density at radius 2 is 1.68 bits per heavy atom. The van der Waals surface area contributed by atoms with Crippen LogP contribution in [0.2, 0.25) is 0 Å². The van der Waals surface area contributed by atoms with Gasteiger partial charge in [0.15, 0.2) is 6.10 Å². The van der Waals surface area contributed by atoms with Gasteiger partial charge in [-0.1, -0.05) is 17.7 Å². The summed E-state index contributed by atoms with van der Waals surface area (Å²) in [5.74, 6) is 0.398. The average Bonchev–Trinajstić information content (AvgIpc) is 2.81.